The first-order chi connectivity index (χ1) is 7.53. The first kappa shape index (κ1) is 12.9. The Kier molecular flexibility index (Phi) is 4.67. The van der Waals surface area contributed by atoms with E-state index >= 15 is 0 Å². The Labute approximate surface area is 92.1 Å². The van der Waals surface area contributed by atoms with Gasteiger partial charge in [-0.1, -0.05) is 6.92 Å². The predicted molar refractivity (Wildman–Crippen MR) is 53.7 cm³/mol. The average molecular weight is 233 g/mol. The molecule has 0 saturated heterocycles. The van der Waals surface area contributed by atoms with Gasteiger partial charge in [0.05, 0.1) is 6.20 Å². The molecule has 1 aromatic rings. The zero-order valence-corrected chi connectivity index (χ0v) is 8.96. The maximum Gasteiger partial charge on any atom is 0.389 e. The Morgan fingerprint density at radius 3 is 2.62 bits per heavy atom. The molecule has 0 aliphatic rings. The molecule has 0 radical (unpaired) electrons. The lowest BCUT2D eigenvalue weighted by atomic mass is 10.0. The van der Waals surface area contributed by atoms with Gasteiger partial charge in [-0.2, -0.15) is 23.4 Å². The Morgan fingerprint density at radius 1 is 1.38 bits per heavy atom. The summed E-state index contributed by atoms with van der Waals surface area (Å²) >= 11 is 0. The Balaban J connectivity index is 2.61. The van der Waals surface area contributed by atoms with Crippen LogP contribution in [-0.4, -0.2) is 22.9 Å². The number of hydrogen-bond acceptors (Lipinski definition) is 3. The van der Waals surface area contributed by atoms with Crippen LogP contribution in [0.15, 0.2) is 18.5 Å². The van der Waals surface area contributed by atoms with E-state index in [-0.39, 0.29) is 12.5 Å². The third-order valence-electron chi connectivity index (χ3n) is 2.18. The summed E-state index contributed by atoms with van der Waals surface area (Å²) in [5.41, 5.74) is 0.737. The van der Waals surface area contributed by atoms with Gasteiger partial charge in [-0.15, -0.1) is 0 Å². The monoisotopic (exact) mass is 233 g/mol. The van der Waals surface area contributed by atoms with Crippen molar-refractivity contribution in [1.82, 2.24) is 15.5 Å². The zero-order valence-electron chi connectivity index (χ0n) is 8.96. The molecule has 1 rings (SSSR count). The minimum Gasteiger partial charge on any atom is -0.310 e. The van der Waals surface area contributed by atoms with Gasteiger partial charge in [0.15, 0.2) is 0 Å². The summed E-state index contributed by atoms with van der Waals surface area (Å²) in [6, 6.07) is 1.36. The van der Waals surface area contributed by atoms with Crippen molar-refractivity contribution < 1.29 is 13.2 Å². The van der Waals surface area contributed by atoms with Crippen LogP contribution in [0.25, 0.3) is 0 Å². The fourth-order valence-corrected chi connectivity index (χ4v) is 1.45. The SMILES string of the molecule is CCNC(CCC(F)(F)F)c1ccnnc1. The molecule has 0 amide bonds. The highest BCUT2D eigenvalue weighted by Gasteiger charge is 2.28. The molecule has 6 heteroatoms. The minimum absolute atomic E-state index is 0.0169. The summed E-state index contributed by atoms with van der Waals surface area (Å²) in [7, 11) is 0. The van der Waals surface area contributed by atoms with Crippen LogP contribution >= 0.6 is 0 Å². The molecule has 0 saturated carbocycles. The van der Waals surface area contributed by atoms with Crippen LogP contribution in [-0.2, 0) is 0 Å². The molecule has 1 aromatic heterocycles. The zero-order chi connectivity index (χ0) is 12.0. The number of rotatable bonds is 5. The molecule has 0 aliphatic heterocycles. The molecule has 1 atom stereocenters. The first-order valence-corrected chi connectivity index (χ1v) is 5.09. The fourth-order valence-electron chi connectivity index (χ4n) is 1.45. The summed E-state index contributed by atoms with van der Waals surface area (Å²) in [6.45, 7) is 2.47. The van der Waals surface area contributed by atoms with Crippen LogP contribution in [0.2, 0.25) is 0 Å². The lowest BCUT2D eigenvalue weighted by Gasteiger charge is -2.18. The standard InChI is InChI=1S/C10H14F3N3/c1-2-14-9(3-5-10(11,12)13)8-4-6-15-16-7-8/h4,6-7,9,14H,2-3,5H2,1H3. The number of nitrogens with zero attached hydrogens (tertiary/aromatic N) is 2. The second-order valence-electron chi connectivity index (χ2n) is 3.44. The summed E-state index contributed by atoms with van der Waals surface area (Å²) in [4.78, 5) is 0. The number of aromatic nitrogens is 2. The van der Waals surface area contributed by atoms with E-state index in [0.29, 0.717) is 6.54 Å². The number of hydrogen-bond donors (Lipinski definition) is 1. The van der Waals surface area contributed by atoms with Crippen molar-refractivity contribution in [2.24, 2.45) is 0 Å². The molecule has 16 heavy (non-hydrogen) atoms. The van der Waals surface area contributed by atoms with Crippen molar-refractivity contribution in [1.29, 1.82) is 0 Å². The van der Waals surface area contributed by atoms with E-state index in [1.807, 2.05) is 6.92 Å². The lowest BCUT2D eigenvalue weighted by molar-refractivity contribution is -0.136. The van der Waals surface area contributed by atoms with Crippen LogP contribution in [0, 0.1) is 0 Å². The number of halogens is 3. The molecule has 3 nitrogen and oxygen atoms in total. The van der Waals surface area contributed by atoms with E-state index in [2.05, 4.69) is 15.5 Å². The van der Waals surface area contributed by atoms with Crippen LogP contribution in [0.1, 0.15) is 31.4 Å². The molecule has 1 heterocycles. The average Bonchev–Trinajstić information content (AvgIpc) is 2.24. The molecule has 0 aromatic carbocycles. The summed E-state index contributed by atoms with van der Waals surface area (Å²) in [5.74, 6) is 0. The van der Waals surface area contributed by atoms with E-state index in [0.717, 1.165) is 5.56 Å². The Morgan fingerprint density at radius 2 is 2.12 bits per heavy atom. The van der Waals surface area contributed by atoms with E-state index in [1.165, 1.54) is 12.4 Å². The maximum atomic E-state index is 12.1. The normalized spacial score (nSPS) is 13.8. The van der Waals surface area contributed by atoms with E-state index < -0.39 is 12.6 Å². The van der Waals surface area contributed by atoms with Crippen molar-refractivity contribution in [3.63, 3.8) is 0 Å². The molecule has 0 fully saturated rings. The molecule has 90 valence electrons. The predicted octanol–water partition coefficient (Wildman–Crippen LogP) is 2.47. The number of nitrogens with one attached hydrogen (secondary N) is 1. The van der Waals surface area contributed by atoms with E-state index in [4.69, 9.17) is 0 Å². The third-order valence-corrected chi connectivity index (χ3v) is 2.18. The highest BCUT2D eigenvalue weighted by Crippen LogP contribution is 2.26. The summed E-state index contributed by atoms with van der Waals surface area (Å²) < 4.78 is 36.3. The second-order valence-corrected chi connectivity index (χ2v) is 3.44. The topological polar surface area (TPSA) is 37.8 Å². The quantitative estimate of drug-likeness (QED) is 0.849. The largest absolute Gasteiger partial charge is 0.389 e. The van der Waals surface area contributed by atoms with Crippen LogP contribution in [0.3, 0.4) is 0 Å². The molecule has 1 unspecified atom stereocenters. The molecular weight excluding hydrogens is 219 g/mol. The molecular formula is C10H14F3N3. The molecule has 0 bridgehead atoms. The fraction of sp³-hybridized carbons (Fsp3) is 0.600. The highest BCUT2D eigenvalue weighted by atomic mass is 19.4. The maximum absolute atomic E-state index is 12.1. The van der Waals surface area contributed by atoms with Gasteiger partial charge in [0.1, 0.15) is 0 Å². The highest BCUT2D eigenvalue weighted by molar-refractivity contribution is 5.11. The smallest absolute Gasteiger partial charge is 0.310 e. The van der Waals surface area contributed by atoms with Crippen molar-refractivity contribution in [3.05, 3.63) is 24.0 Å². The molecule has 0 spiro atoms. The van der Waals surface area contributed by atoms with Crippen molar-refractivity contribution in [3.8, 4) is 0 Å². The molecule has 1 N–H and O–H groups in total. The second kappa shape index (κ2) is 5.79. The van der Waals surface area contributed by atoms with Gasteiger partial charge in [-0.25, -0.2) is 0 Å². The summed E-state index contributed by atoms with van der Waals surface area (Å²) in [5, 5.41) is 10.3. The Bertz CT molecular complexity index is 300. The minimum atomic E-state index is -4.12. The summed E-state index contributed by atoms with van der Waals surface area (Å²) in [6.07, 6.45) is -1.93. The van der Waals surface area contributed by atoms with Gasteiger partial charge >= 0.3 is 6.18 Å². The van der Waals surface area contributed by atoms with Crippen molar-refractivity contribution in [2.75, 3.05) is 6.54 Å². The van der Waals surface area contributed by atoms with Crippen LogP contribution in [0.4, 0.5) is 13.2 Å². The molecule has 0 aliphatic carbocycles. The van der Waals surface area contributed by atoms with Crippen molar-refractivity contribution in [2.45, 2.75) is 32.0 Å². The van der Waals surface area contributed by atoms with Gasteiger partial charge in [0.25, 0.3) is 0 Å². The van der Waals surface area contributed by atoms with Gasteiger partial charge < -0.3 is 5.32 Å². The Hall–Kier alpha value is -1.17. The van der Waals surface area contributed by atoms with Gasteiger partial charge in [-0.3, -0.25) is 0 Å². The van der Waals surface area contributed by atoms with Crippen molar-refractivity contribution >= 4 is 0 Å². The number of alkyl halides is 3. The lowest BCUT2D eigenvalue weighted by Crippen LogP contribution is -2.23. The van der Waals surface area contributed by atoms with Gasteiger partial charge in [0.2, 0.25) is 0 Å². The van der Waals surface area contributed by atoms with E-state index in [1.54, 1.807) is 6.07 Å². The van der Waals surface area contributed by atoms with E-state index in [9.17, 15) is 13.2 Å². The van der Waals surface area contributed by atoms with Crippen LogP contribution < -0.4 is 5.32 Å². The van der Waals surface area contributed by atoms with Gasteiger partial charge in [0, 0.05) is 18.7 Å². The van der Waals surface area contributed by atoms with Gasteiger partial charge in [-0.05, 0) is 24.6 Å². The first-order valence-electron chi connectivity index (χ1n) is 5.09. The third kappa shape index (κ3) is 4.57. The van der Waals surface area contributed by atoms with Crippen LogP contribution in [0.5, 0.6) is 0 Å².